The van der Waals surface area contributed by atoms with Crippen LogP contribution >= 0.6 is 12.2 Å². The molecule has 0 aliphatic carbocycles. The second-order valence-corrected chi connectivity index (χ2v) is 10.3. The Hall–Kier alpha value is -4.54. The maximum absolute atomic E-state index is 12.1. The largest absolute Gasteiger partial charge is 0.478 e. The number of para-hydroxylation sites is 1. The van der Waals surface area contributed by atoms with Gasteiger partial charge in [0.25, 0.3) is 0 Å². The number of carbonyl (C=O) groups is 2. The quantitative estimate of drug-likeness (QED) is 0.247. The van der Waals surface area contributed by atoms with Gasteiger partial charge in [-0.05, 0) is 92.6 Å². The summed E-state index contributed by atoms with van der Waals surface area (Å²) in [7, 11) is 1.48. The molecule has 41 heavy (non-hydrogen) atoms. The van der Waals surface area contributed by atoms with Gasteiger partial charge in [0.2, 0.25) is 5.91 Å². The van der Waals surface area contributed by atoms with E-state index in [2.05, 4.69) is 26.6 Å². The SMILES string of the molecule is COCC(=O)Nc1ccc(N2C(=S)N[C@H](c3ccccn3)[C@@H]2c2cc(C)n(-c3ccccc3C(=O)O)c2C)cc1C. The maximum Gasteiger partial charge on any atom is 0.337 e. The lowest BCUT2D eigenvalue weighted by atomic mass is 9.96. The number of aromatic nitrogens is 2. The van der Waals surface area contributed by atoms with Crippen LogP contribution in [0.5, 0.6) is 0 Å². The van der Waals surface area contributed by atoms with Gasteiger partial charge in [0.15, 0.2) is 5.11 Å². The Kier molecular flexibility index (Phi) is 7.87. The Labute approximate surface area is 243 Å². The van der Waals surface area contributed by atoms with Gasteiger partial charge < -0.3 is 29.9 Å². The molecule has 10 heteroatoms. The van der Waals surface area contributed by atoms with Crippen molar-refractivity contribution >= 4 is 40.6 Å². The van der Waals surface area contributed by atoms with E-state index in [1.165, 1.54) is 7.11 Å². The fourth-order valence-corrected chi connectivity index (χ4v) is 5.86. The molecular weight excluding hydrogens is 538 g/mol. The molecule has 1 aliphatic heterocycles. The summed E-state index contributed by atoms with van der Waals surface area (Å²) in [5.41, 5.74) is 6.85. The van der Waals surface area contributed by atoms with Crippen LogP contribution in [-0.4, -0.2) is 45.4 Å². The second kappa shape index (κ2) is 11.5. The number of carboxylic acid groups (broad SMARTS) is 1. The molecule has 5 rings (SSSR count). The predicted octanol–water partition coefficient (Wildman–Crippen LogP) is 5.26. The van der Waals surface area contributed by atoms with E-state index in [0.29, 0.717) is 16.5 Å². The summed E-state index contributed by atoms with van der Waals surface area (Å²) in [6, 6.07) is 20.1. The van der Waals surface area contributed by atoms with Crippen molar-refractivity contribution < 1.29 is 19.4 Å². The lowest BCUT2D eigenvalue weighted by molar-refractivity contribution is -0.119. The molecule has 3 heterocycles. The minimum absolute atomic E-state index is 0.0320. The number of ether oxygens (including phenoxy) is 1. The van der Waals surface area contributed by atoms with Crippen LogP contribution in [0.25, 0.3) is 5.69 Å². The third-order valence-electron chi connectivity index (χ3n) is 7.30. The van der Waals surface area contributed by atoms with Gasteiger partial charge in [-0.15, -0.1) is 0 Å². The highest BCUT2D eigenvalue weighted by atomic mass is 32.1. The first-order valence-corrected chi connectivity index (χ1v) is 13.5. The number of carbonyl (C=O) groups excluding carboxylic acids is 1. The molecule has 2 atom stereocenters. The van der Waals surface area contributed by atoms with Crippen molar-refractivity contribution in [1.29, 1.82) is 0 Å². The van der Waals surface area contributed by atoms with Gasteiger partial charge in [-0.25, -0.2) is 4.79 Å². The first kappa shape index (κ1) is 28.0. The molecule has 210 valence electrons. The van der Waals surface area contributed by atoms with Crippen molar-refractivity contribution in [3.05, 3.63) is 107 Å². The third kappa shape index (κ3) is 5.31. The van der Waals surface area contributed by atoms with E-state index in [4.69, 9.17) is 17.0 Å². The van der Waals surface area contributed by atoms with E-state index in [0.717, 1.165) is 33.9 Å². The smallest absolute Gasteiger partial charge is 0.337 e. The number of aryl methyl sites for hydroxylation is 2. The summed E-state index contributed by atoms with van der Waals surface area (Å²) < 4.78 is 6.92. The lowest BCUT2D eigenvalue weighted by Crippen LogP contribution is -2.29. The van der Waals surface area contributed by atoms with Gasteiger partial charge in [-0.2, -0.15) is 0 Å². The monoisotopic (exact) mass is 569 g/mol. The van der Waals surface area contributed by atoms with E-state index >= 15 is 0 Å². The van der Waals surface area contributed by atoms with Crippen LogP contribution in [0.2, 0.25) is 0 Å². The Bertz CT molecular complexity index is 1630. The summed E-state index contributed by atoms with van der Waals surface area (Å²) >= 11 is 5.90. The average Bonchev–Trinajstić information content (AvgIpc) is 3.45. The highest BCUT2D eigenvalue weighted by Crippen LogP contribution is 2.44. The van der Waals surface area contributed by atoms with Crippen LogP contribution in [0.3, 0.4) is 0 Å². The average molecular weight is 570 g/mol. The number of benzene rings is 2. The van der Waals surface area contributed by atoms with Crippen molar-refractivity contribution in [3.63, 3.8) is 0 Å². The number of thiocarbonyl (C=S) groups is 1. The van der Waals surface area contributed by atoms with Crippen LogP contribution in [0, 0.1) is 20.8 Å². The first-order valence-electron chi connectivity index (χ1n) is 13.1. The summed E-state index contributed by atoms with van der Waals surface area (Å²) in [6.07, 6.45) is 1.76. The number of carboxylic acids is 1. The summed E-state index contributed by atoms with van der Waals surface area (Å²) in [6.45, 7) is 5.86. The molecule has 3 N–H and O–H groups in total. The standard InChI is InChI=1S/C31H31N5O4S/c1-18-15-21(12-13-24(18)33-27(37)17-40-4)36-29(28(34-31(36)41)25-10-7-8-14-32-25)23-16-19(2)35(20(23)3)26-11-6-5-9-22(26)30(38)39/h5-16,28-29H,17H2,1-4H3,(H,33,37)(H,34,41)(H,38,39)/t28-,29+/m1/s1. The van der Waals surface area contributed by atoms with Gasteiger partial charge in [0, 0.05) is 36.1 Å². The number of methoxy groups -OCH3 is 1. The predicted molar refractivity (Wildman–Crippen MR) is 162 cm³/mol. The summed E-state index contributed by atoms with van der Waals surface area (Å²) in [5, 5.41) is 16.8. The van der Waals surface area contributed by atoms with Gasteiger partial charge in [-0.1, -0.05) is 18.2 Å². The minimum atomic E-state index is -0.987. The zero-order valence-corrected chi connectivity index (χ0v) is 24.0. The third-order valence-corrected chi connectivity index (χ3v) is 7.61. The topological polar surface area (TPSA) is 109 Å². The van der Waals surface area contributed by atoms with Gasteiger partial charge in [-0.3, -0.25) is 9.78 Å². The van der Waals surface area contributed by atoms with Crippen LogP contribution in [0.1, 0.15) is 50.7 Å². The number of amides is 1. The van der Waals surface area contributed by atoms with Crippen LogP contribution in [0.4, 0.5) is 11.4 Å². The van der Waals surface area contributed by atoms with Crippen molar-refractivity contribution in [1.82, 2.24) is 14.9 Å². The van der Waals surface area contributed by atoms with Crippen LogP contribution < -0.4 is 15.5 Å². The minimum Gasteiger partial charge on any atom is -0.478 e. The van der Waals surface area contributed by atoms with E-state index in [-0.39, 0.29) is 30.2 Å². The Morgan fingerprint density at radius 2 is 1.83 bits per heavy atom. The van der Waals surface area contributed by atoms with Crippen molar-refractivity contribution in [2.24, 2.45) is 0 Å². The van der Waals surface area contributed by atoms with Crippen molar-refractivity contribution in [2.45, 2.75) is 32.9 Å². The number of nitrogens with zero attached hydrogens (tertiary/aromatic N) is 3. The van der Waals surface area contributed by atoms with Crippen molar-refractivity contribution in [3.8, 4) is 5.69 Å². The number of rotatable bonds is 8. The molecular formula is C31H31N5O4S. The van der Waals surface area contributed by atoms with E-state index in [9.17, 15) is 14.7 Å². The molecule has 1 saturated heterocycles. The molecule has 2 aromatic heterocycles. The Balaban J connectivity index is 1.63. The molecule has 1 amide bonds. The summed E-state index contributed by atoms with van der Waals surface area (Å²) in [5.74, 6) is -1.22. The second-order valence-electron chi connectivity index (χ2n) is 9.96. The fraction of sp³-hybridized carbons (Fsp3) is 0.226. The lowest BCUT2D eigenvalue weighted by Gasteiger charge is -2.29. The molecule has 1 fully saturated rings. The molecule has 1 aliphatic rings. The van der Waals surface area contributed by atoms with Gasteiger partial charge in [0.1, 0.15) is 6.61 Å². The molecule has 0 spiro atoms. The van der Waals surface area contributed by atoms with Crippen molar-refractivity contribution in [2.75, 3.05) is 23.9 Å². The molecule has 0 radical (unpaired) electrons. The molecule has 9 nitrogen and oxygen atoms in total. The molecule has 2 aromatic carbocycles. The van der Waals surface area contributed by atoms with Crippen LogP contribution in [-0.2, 0) is 9.53 Å². The van der Waals surface area contributed by atoms with E-state index < -0.39 is 5.97 Å². The number of pyridine rings is 1. The van der Waals surface area contributed by atoms with Crippen LogP contribution in [0.15, 0.2) is 72.9 Å². The van der Waals surface area contributed by atoms with Gasteiger partial charge in [0.05, 0.1) is 29.0 Å². The zero-order valence-electron chi connectivity index (χ0n) is 23.2. The van der Waals surface area contributed by atoms with Gasteiger partial charge >= 0.3 is 5.97 Å². The number of aromatic carboxylic acids is 1. The molecule has 0 unspecified atom stereocenters. The number of hydrogen-bond donors (Lipinski definition) is 3. The normalized spacial score (nSPS) is 16.5. The Morgan fingerprint density at radius 3 is 2.51 bits per heavy atom. The number of nitrogens with one attached hydrogen (secondary N) is 2. The molecule has 0 saturated carbocycles. The highest BCUT2D eigenvalue weighted by molar-refractivity contribution is 7.80. The highest BCUT2D eigenvalue weighted by Gasteiger charge is 2.42. The number of hydrogen-bond acceptors (Lipinski definition) is 5. The summed E-state index contributed by atoms with van der Waals surface area (Å²) in [4.78, 5) is 30.9. The number of anilines is 2. The van der Waals surface area contributed by atoms with E-state index in [1.807, 2.05) is 73.9 Å². The zero-order chi connectivity index (χ0) is 29.3. The Morgan fingerprint density at radius 1 is 1.07 bits per heavy atom. The fourth-order valence-electron chi connectivity index (χ4n) is 5.51. The maximum atomic E-state index is 12.1. The molecule has 4 aromatic rings. The van der Waals surface area contributed by atoms with E-state index in [1.54, 1.807) is 18.3 Å². The first-order chi connectivity index (χ1) is 19.7. The molecule has 0 bridgehead atoms.